The van der Waals surface area contributed by atoms with Crippen LogP contribution in [0, 0.1) is 6.92 Å². The van der Waals surface area contributed by atoms with Gasteiger partial charge in [0, 0.05) is 11.1 Å². The molecule has 3 aromatic rings. The van der Waals surface area contributed by atoms with Crippen LogP contribution < -0.4 is 5.43 Å². The van der Waals surface area contributed by atoms with Gasteiger partial charge in [-0.2, -0.15) is 0 Å². The zero-order chi connectivity index (χ0) is 15.9. The van der Waals surface area contributed by atoms with Crippen LogP contribution in [0.5, 0.6) is 0 Å². The summed E-state index contributed by atoms with van der Waals surface area (Å²) in [6, 6.07) is 10.7. The molecule has 0 amide bonds. The summed E-state index contributed by atoms with van der Waals surface area (Å²) in [6.07, 6.45) is 0.968. The van der Waals surface area contributed by atoms with Crippen LogP contribution >= 0.6 is 11.6 Å². The number of halogens is 1. The topological polar surface area (TPSA) is 64.3 Å². The summed E-state index contributed by atoms with van der Waals surface area (Å²) in [6.45, 7) is 1.85. The molecule has 6 heteroatoms. The van der Waals surface area contributed by atoms with Crippen LogP contribution in [0.1, 0.15) is 5.56 Å². The molecule has 112 valence electrons. The maximum Gasteiger partial charge on any atom is 0.213 e. The molecule has 0 unspecified atom stereocenters. The van der Waals surface area contributed by atoms with Crippen LogP contribution in [-0.2, 0) is 9.84 Å². The monoisotopic (exact) mass is 334 g/mol. The third-order valence-corrected chi connectivity index (χ3v) is 5.31. The number of fused-ring (bicyclic) bond motifs is 1. The second kappa shape index (κ2) is 5.26. The fraction of sp³-hybridized carbons (Fsp3) is 0.0625. The second-order valence-electron chi connectivity index (χ2n) is 4.89. The summed E-state index contributed by atoms with van der Waals surface area (Å²) in [5.41, 5.74) is 0.581. The van der Waals surface area contributed by atoms with Crippen molar-refractivity contribution in [2.75, 3.05) is 0 Å². The van der Waals surface area contributed by atoms with Crippen molar-refractivity contribution in [2.24, 2.45) is 0 Å². The Bertz CT molecular complexity index is 1020. The zero-order valence-corrected chi connectivity index (χ0v) is 13.1. The van der Waals surface area contributed by atoms with Crippen molar-refractivity contribution in [3.63, 3.8) is 0 Å². The highest BCUT2D eigenvalue weighted by molar-refractivity contribution is 7.91. The van der Waals surface area contributed by atoms with E-state index in [-0.39, 0.29) is 20.8 Å². The molecular formula is C16H11ClO4S. The maximum atomic E-state index is 12.6. The second-order valence-corrected chi connectivity index (χ2v) is 7.24. The minimum absolute atomic E-state index is 0.0544. The van der Waals surface area contributed by atoms with E-state index in [1.165, 1.54) is 30.3 Å². The lowest BCUT2D eigenvalue weighted by Gasteiger charge is -2.05. The predicted molar refractivity (Wildman–Crippen MR) is 84.1 cm³/mol. The smallest absolute Gasteiger partial charge is 0.213 e. The molecule has 0 aliphatic heterocycles. The van der Waals surface area contributed by atoms with Crippen LogP contribution in [0.4, 0.5) is 0 Å². The first-order valence-electron chi connectivity index (χ1n) is 6.42. The van der Waals surface area contributed by atoms with Gasteiger partial charge in [-0.1, -0.05) is 29.3 Å². The minimum atomic E-state index is -3.93. The van der Waals surface area contributed by atoms with E-state index in [1.807, 2.05) is 6.92 Å². The SMILES string of the molecule is Cc1ccc(S(=O)(=O)c2coc3cc(Cl)ccc3c2=O)cc1. The number of hydrogen-bond acceptors (Lipinski definition) is 4. The van der Waals surface area contributed by atoms with Gasteiger partial charge in [0.1, 0.15) is 11.8 Å². The summed E-state index contributed by atoms with van der Waals surface area (Å²) in [5, 5.41) is 0.586. The Labute approximate surface area is 131 Å². The van der Waals surface area contributed by atoms with E-state index in [4.69, 9.17) is 16.0 Å². The first-order chi connectivity index (χ1) is 10.4. The van der Waals surface area contributed by atoms with E-state index in [2.05, 4.69) is 0 Å². The molecule has 1 heterocycles. The molecule has 0 atom stereocenters. The van der Waals surface area contributed by atoms with Crippen LogP contribution in [0.2, 0.25) is 5.02 Å². The average molecular weight is 335 g/mol. The number of hydrogen-bond donors (Lipinski definition) is 0. The molecule has 0 spiro atoms. The highest BCUT2D eigenvalue weighted by Gasteiger charge is 2.23. The zero-order valence-electron chi connectivity index (χ0n) is 11.5. The van der Waals surface area contributed by atoms with Gasteiger partial charge in [-0.25, -0.2) is 8.42 Å². The van der Waals surface area contributed by atoms with Crippen molar-refractivity contribution in [1.82, 2.24) is 0 Å². The van der Waals surface area contributed by atoms with Crippen molar-refractivity contribution >= 4 is 32.4 Å². The van der Waals surface area contributed by atoms with Gasteiger partial charge in [0.25, 0.3) is 0 Å². The molecule has 0 bridgehead atoms. The number of aryl methyl sites for hydroxylation is 1. The van der Waals surface area contributed by atoms with Crippen molar-refractivity contribution in [3.05, 3.63) is 69.5 Å². The lowest BCUT2D eigenvalue weighted by Crippen LogP contribution is -2.15. The Kier molecular flexibility index (Phi) is 3.54. The highest BCUT2D eigenvalue weighted by atomic mass is 35.5. The van der Waals surface area contributed by atoms with Crippen LogP contribution in [0.3, 0.4) is 0 Å². The normalized spacial score (nSPS) is 11.7. The molecule has 0 aliphatic carbocycles. The average Bonchev–Trinajstić information content (AvgIpc) is 2.47. The molecule has 0 aliphatic rings. The van der Waals surface area contributed by atoms with Crippen molar-refractivity contribution in [3.8, 4) is 0 Å². The van der Waals surface area contributed by atoms with Crippen LogP contribution in [0.25, 0.3) is 11.0 Å². The Balaban J connectivity index is 2.26. The molecule has 22 heavy (non-hydrogen) atoms. The van der Waals surface area contributed by atoms with Gasteiger partial charge in [0.15, 0.2) is 4.90 Å². The number of sulfone groups is 1. The lowest BCUT2D eigenvalue weighted by atomic mass is 10.2. The summed E-state index contributed by atoms with van der Waals surface area (Å²) in [5.74, 6) is 0. The third-order valence-electron chi connectivity index (χ3n) is 3.33. The van der Waals surface area contributed by atoms with E-state index in [0.717, 1.165) is 11.8 Å². The van der Waals surface area contributed by atoms with Crippen molar-refractivity contribution in [1.29, 1.82) is 0 Å². The van der Waals surface area contributed by atoms with Gasteiger partial charge in [0.05, 0.1) is 10.3 Å². The standard InChI is InChI=1S/C16H11ClO4S/c1-10-2-5-12(6-3-10)22(19,20)15-9-21-14-8-11(17)4-7-13(14)16(15)18/h2-9H,1H3. The first kappa shape index (κ1) is 14.8. The highest BCUT2D eigenvalue weighted by Crippen LogP contribution is 2.22. The van der Waals surface area contributed by atoms with Gasteiger partial charge in [-0.05, 0) is 31.2 Å². The molecule has 1 aromatic heterocycles. The van der Waals surface area contributed by atoms with E-state index in [0.29, 0.717) is 5.02 Å². The van der Waals surface area contributed by atoms with Gasteiger partial charge >= 0.3 is 0 Å². The molecule has 2 aromatic carbocycles. The molecule has 0 saturated heterocycles. The van der Waals surface area contributed by atoms with Crippen LogP contribution in [0.15, 0.2) is 67.7 Å². The Morgan fingerprint density at radius 1 is 1.05 bits per heavy atom. The van der Waals surface area contributed by atoms with Crippen LogP contribution in [-0.4, -0.2) is 8.42 Å². The lowest BCUT2D eigenvalue weighted by molar-refractivity contribution is 0.566. The van der Waals surface area contributed by atoms with E-state index in [1.54, 1.807) is 12.1 Å². The van der Waals surface area contributed by atoms with Crippen molar-refractivity contribution in [2.45, 2.75) is 16.7 Å². The largest absolute Gasteiger partial charge is 0.463 e. The fourth-order valence-electron chi connectivity index (χ4n) is 2.11. The molecule has 0 saturated carbocycles. The number of benzene rings is 2. The van der Waals surface area contributed by atoms with E-state index in [9.17, 15) is 13.2 Å². The first-order valence-corrected chi connectivity index (χ1v) is 8.28. The van der Waals surface area contributed by atoms with E-state index >= 15 is 0 Å². The fourth-order valence-corrected chi connectivity index (χ4v) is 3.55. The molecule has 0 fully saturated rings. The Hall–Kier alpha value is -2.11. The summed E-state index contributed by atoms with van der Waals surface area (Å²) in [7, 11) is -3.93. The Morgan fingerprint density at radius 2 is 1.73 bits per heavy atom. The number of rotatable bonds is 2. The summed E-state index contributed by atoms with van der Waals surface area (Å²) in [4.78, 5) is 12.1. The summed E-state index contributed by atoms with van der Waals surface area (Å²) < 4.78 is 30.5. The molecule has 3 rings (SSSR count). The molecular weight excluding hydrogens is 324 g/mol. The molecule has 0 N–H and O–H groups in total. The predicted octanol–water partition coefficient (Wildman–Crippen LogP) is 3.59. The van der Waals surface area contributed by atoms with E-state index < -0.39 is 15.3 Å². The third kappa shape index (κ3) is 2.42. The molecule has 4 nitrogen and oxygen atoms in total. The van der Waals surface area contributed by atoms with Gasteiger partial charge in [-0.3, -0.25) is 4.79 Å². The quantitative estimate of drug-likeness (QED) is 0.718. The Morgan fingerprint density at radius 3 is 2.41 bits per heavy atom. The van der Waals surface area contributed by atoms with Gasteiger partial charge in [0.2, 0.25) is 15.3 Å². The molecule has 0 radical (unpaired) electrons. The summed E-state index contributed by atoms with van der Waals surface area (Å²) >= 11 is 5.83. The van der Waals surface area contributed by atoms with Gasteiger partial charge < -0.3 is 4.42 Å². The maximum absolute atomic E-state index is 12.6. The van der Waals surface area contributed by atoms with Crippen molar-refractivity contribution < 1.29 is 12.8 Å². The minimum Gasteiger partial charge on any atom is -0.463 e. The van der Waals surface area contributed by atoms with Gasteiger partial charge in [-0.15, -0.1) is 0 Å².